The van der Waals surface area contributed by atoms with Crippen molar-refractivity contribution in [3.63, 3.8) is 0 Å². The average Bonchev–Trinajstić information content (AvgIpc) is 2.94. The molecule has 0 aromatic heterocycles. The zero-order valence-electron chi connectivity index (χ0n) is 20.2. The van der Waals surface area contributed by atoms with Gasteiger partial charge in [-0.1, -0.05) is 60.7 Å². The minimum absolute atomic E-state index is 0.0910. The summed E-state index contributed by atoms with van der Waals surface area (Å²) >= 11 is 1.28. The Labute approximate surface area is 224 Å². The summed E-state index contributed by atoms with van der Waals surface area (Å²) in [6, 6.07) is 30.8. The molecule has 0 aliphatic carbocycles. The molecular weight excluding hydrogens is 501 g/mol. The average molecular weight is 526 g/mol. The van der Waals surface area contributed by atoms with E-state index in [0.29, 0.717) is 11.3 Å². The van der Waals surface area contributed by atoms with Crippen LogP contribution in [0.3, 0.4) is 0 Å². The number of halogens is 1. The van der Waals surface area contributed by atoms with Gasteiger partial charge in [0.15, 0.2) is 0 Å². The first-order valence-corrected chi connectivity index (χ1v) is 12.7. The Bertz CT molecular complexity index is 1440. The van der Waals surface area contributed by atoms with Gasteiger partial charge in [-0.25, -0.2) is 4.39 Å². The molecule has 6 nitrogen and oxygen atoms in total. The summed E-state index contributed by atoms with van der Waals surface area (Å²) < 4.78 is 13.7. The van der Waals surface area contributed by atoms with Crippen LogP contribution in [0.25, 0.3) is 6.08 Å². The van der Waals surface area contributed by atoms with Crippen molar-refractivity contribution in [1.29, 1.82) is 0 Å². The summed E-state index contributed by atoms with van der Waals surface area (Å²) in [4.78, 5) is 38.8. The number of benzene rings is 4. The number of para-hydroxylation sites is 1. The van der Waals surface area contributed by atoms with Crippen molar-refractivity contribution >= 4 is 46.9 Å². The molecule has 0 bridgehead atoms. The lowest BCUT2D eigenvalue weighted by atomic mass is 10.1. The predicted molar refractivity (Wildman–Crippen MR) is 149 cm³/mol. The van der Waals surface area contributed by atoms with Crippen LogP contribution >= 0.6 is 11.8 Å². The number of hydrogen-bond acceptors (Lipinski definition) is 4. The number of carbonyl (C=O) groups excluding carboxylic acids is 3. The van der Waals surface area contributed by atoms with Gasteiger partial charge in [-0.15, -0.1) is 11.8 Å². The molecular formula is C30H24FN3O3S. The maximum absolute atomic E-state index is 13.7. The number of anilines is 2. The molecule has 0 saturated carbocycles. The third-order valence-corrected chi connectivity index (χ3v) is 6.28. The fourth-order valence-corrected chi connectivity index (χ4v) is 4.09. The molecule has 8 heteroatoms. The Morgan fingerprint density at radius 2 is 1.37 bits per heavy atom. The highest BCUT2D eigenvalue weighted by Gasteiger charge is 2.15. The van der Waals surface area contributed by atoms with Crippen LogP contribution in [0.15, 0.2) is 120 Å². The first-order chi connectivity index (χ1) is 18.5. The fraction of sp³-hybridized carbons (Fsp3) is 0.0333. The summed E-state index contributed by atoms with van der Waals surface area (Å²) in [5.41, 5.74) is 1.93. The van der Waals surface area contributed by atoms with Gasteiger partial charge in [0.2, 0.25) is 5.91 Å². The second-order valence-electron chi connectivity index (χ2n) is 8.08. The van der Waals surface area contributed by atoms with E-state index in [-0.39, 0.29) is 23.0 Å². The molecule has 0 saturated heterocycles. The van der Waals surface area contributed by atoms with Crippen LogP contribution in [0.5, 0.6) is 0 Å². The van der Waals surface area contributed by atoms with Crippen LogP contribution in [0.2, 0.25) is 0 Å². The zero-order valence-corrected chi connectivity index (χ0v) is 21.0. The lowest BCUT2D eigenvalue weighted by Crippen LogP contribution is -2.30. The molecule has 38 heavy (non-hydrogen) atoms. The van der Waals surface area contributed by atoms with Crippen LogP contribution in [0.4, 0.5) is 15.8 Å². The Balaban J connectivity index is 1.39. The monoisotopic (exact) mass is 525 g/mol. The van der Waals surface area contributed by atoms with Crippen LogP contribution < -0.4 is 16.0 Å². The standard InChI is InChI=1S/C30H24FN3O3S/c31-25-13-7-8-14-26(25)33-28(35)20-38-24-17-15-23(16-18-24)32-30(37)27(19-21-9-3-1-4-10-21)34-29(36)22-11-5-2-6-12-22/h1-19H,20H2,(H,32,37)(H,33,35)(H,34,36)/b27-19-. The zero-order chi connectivity index (χ0) is 26.7. The van der Waals surface area contributed by atoms with E-state index in [1.54, 1.807) is 66.7 Å². The molecule has 3 N–H and O–H groups in total. The summed E-state index contributed by atoms with van der Waals surface area (Å²) in [5, 5.41) is 8.05. The van der Waals surface area contributed by atoms with Gasteiger partial charge < -0.3 is 16.0 Å². The van der Waals surface area contributed by atoms with Gasteiger partial charge in [0, 0.05) is 16.1 Å². The molecule has 0 aliphatic rings. The molecule has 4 aromatic carbocycles. The Morgan fingerprint density at radius 1 is 0.737 bits per heavy atom. The van der Waals surface area contributed by atoms with Gasteiger partial charge in [0.05, 0.1) is 11.4 Å². The SMILES string of the molecule is O=C(CSc1ccc(NC(=O)/C(=C/c2ccccc2)NC(=O)c2ccccc2)cc1)Nc1ccccc1F. The predicted octanol–water partition coefficient (Wildman–Crippen LogP) is 5.97. The van der Waals surface area contributed by atoms with Crippen molar-refractivity contribution in [3.8, 4) is 0 Å². The van der Waals surface area contributed by atoms with Crippen molar-refractivity contribution in [3.05, 3.63) is 132 Å². The van der Waals surface area contributed by atoms with Crippen molar-refractivity contribution < 1.29 is 18.8 Å². The number of rotatable bonds is 9. The van der Waals surface area contributed by atoms with Gasteiger partial charge in [0.25, 0.3) is 11.8 Å². The van der Waals surface area contributed by atoms with Gasteiger partial charge in [0.1, 0.15) is 11.5 Å². The fourth-order valence-electron chi connectivity index (χ4n) is 3.39. The lowest BCUT2D eigenvalue weighted by Gasteiger charge is -2.12. The summed E-state index contributed by atoms with van der Waals surface area (Å²) in [5.74, 6) is -1.62. The van der Waals surface area contributed by atoms with E-state index < -0.39 is 17.6 Å². The highest BCUT2D eigenvalue weighted by atomic mass is 32.2. The molecule has 4 aromatic rings. The third-order valence-electron chi connectivity index (χ3n) is 5.27. The number of thioether (sulfide) groups is 1. The van der Waals surface area contributed by atoms with Gasteiger partial charge >= 0.3 is 0 Å². The topological polar surface area (TPSA) is 87.3 Å². The molecule has 0 spiro atoms. The smallest absolute Gasteiger partial charge is 0.272 e. The summed E-state index contributed by atoms with van der Waals surface area (Å²) in [6.07, 6.45) is 1.61. The van der Waals surface area contributed by atoms with E-state index in [4.69, 9.17) is 0 Å². The lowest BCUT2D eigenvalue weighted by molar-refractivity contribution is -0.114. The number of carbonyl (C=O) groups is 3. The van der Waals surface area contributed by atoms with E-state index in [9.17, 15) is 18.8 Å². The van der Waals surface area contributed by atoms with Crippen LogP contribution in [0, 0.1) is 5.82 Å². The van der Waals surface area contributed by atoms with E-state index in [2.05, 4.69) is 16.0 Å². The Kier molecular flexibility index (Phi) is 9.04. The molecule has 4 rings (SSSR count). The van der Waals surface area contributed by atoms with Crippen molar-refractivity contribution in [2.24, 2.45) is 0 Å². The minimum Gasteiger partial charge on any atom is -0.323 e. The molecule has 0 heterocycles. The quantitative estimate of drug-likeness (QED) is 0.186. The normalized spacial score (nSPS) is 10.9. The van der Waals surface area contributed by atoms with Crippen LogP contribution in [0.1, 0.15) is 15.9 Å². The highest BCUT2D eigenvalue weighted by Crippen LogP contribution is 2.22. The molecule has 0 aliphatic heterocycles. The van der Waals surface area contributed by atoms with Crippen molar-refractivity contribution in [2.75, 3.05) is 16.4 Å². The molecule has 0 unspecified atom stereocenters. The van der Waals surface area contributed by atoms with Crippen molar-refractivity contribution in [2.45, 2.75) is 4.90 Å². The third kappa shape index (κ3) is 7.65. The Hall–Kier alpha value is -4.69. The number of hydrogen-bond donors (Lipinski definition) is 3. The summed E-state index contributed by atoms with van der Waals surface area (Å²) in [6.45, 7) is 0. The molecule has 0 fully saturated rings. The molecule has 0 radical (unpaired) electrons. The largest absolute Gasteiger partial charge is 0.323 e. The Morgan fingerprint density at radius 3 is 2.05 bits per heavy atom. The molecule has 190 valence electrons. The first-order valence-electron chi connectivity index (χ1n) is 11.7. The second-order valence-corrected chi connectivity index (χ2v) is 9.13. The molecule has 0 atom stereocenters. The van der Waals surface area contributed by atoms with Crippen LogP contribution in [-0.4, -0.2) is 23.5 Å². The van der Waals surface area contributed by atoms with Crippen LogP contribution in [-0.2, 0) is 9.59 Å². The van der Waals surface area contributed by atoms with Gasteiger partial charge in [-0.2, -0.15) is 0 Å². The maximum Gasteiger partial charge on any atom is 0.272 e. The van der Waals surface area contributed by atoms with E-state index in [1.165, 1.54) is 23.9 Å². The first kappa shape index (κ1) is 26.4. The van der Waals surface area contributed by atoms with Gasteiger partial charge in [-0.3, -0.25) is 14.4 Å². The second kappa shape index (κ2) is 13.0. The number of nitrogens with one attached hydrogen (secondary N) is 3. The van der Waals surface area contributed by atoms with Crippen molar-refractivity contribution in [1.82, 2.24) is 5.32 Å². The molecule has 3 amide bonds. The minimum atomic E-state index is -0.494. The number of amides is 3. The highest BCUT2D eigenvalue weighted by molar-refractivity contribution is 8.00. The maximum atomic E-state index is 13.7. The van der Waals surface area contributed by atoms with E-state index in [0.717, 1.165) is 10.5 Å². The van der Waals surface area contributed by atoms with E-state index >= 15 is 0 Å². The summed E-state index contributed by atoms with van der Waals surface area (Å²) in [7, 11) is 0. The van der Waals surface area contributed by atoms with E-state index in [1.807, 2.05) is 36.4 Å². The van der Waals surface area contributed by atoms with Gasteiger partial charge in [-0.05, 0) is 60.2 Å².